The summed E-state index contributed by atoms with van der Waals surface area (Å²) in [5.41, 5.74) is 0.827. The number of rotatable bonds is 7. The van der Waals surface area contributed by atoms with Crippen LogP contribution in [0.4, 0.5) is 0 Å². The first-order chi connectivity index (χ1) is 15.6. The predicted molar refractivity (Wildman–Crippen MR) is 130 cm³/mol. The summed E-state index contributed by atoms with van der Waals surface area (Å²) in [4.78, 5) is 41.3. The number of hydrogen-bond donors (Lipinski definition) is 4. The third kappa shape index (κ3) is 6.52. The van der Waals surface area contributed by atoms with Crippen molar-refractivity contribution in [3.63, 3.8) is 0 Å². The maximum Gasteiger partial charge on any atom is 0.268 e. The van der Waals surface area contributed by atoms with Gasteiger partial charge in [0.25, 0.3) is 5.91 Å². The Balaban J connectivity index is 1.72. The molecule has 33 heavy (non-hydrogen) atoms. The van der Waals surface area contributed by atoms with Gasteiger partial charge in [0.1, 0.15) is 11.7 Å². The van der Waals surface area contributed by atoms with Crippen molar-refractivity contribution >= 4 is 40.2 Å². The molecule has 8 heteroatoms. The van der Waals surface area contributed by atoms with Crippen LogP contribution in [0, 0.1) is 23.7 Å². The molecule has 1 saturated heterocycles. The number of piperidine rings is 1. The number of aromatic nitrogens is 1. The van der Waals surface area contributed by atoms with Crippen molar-refractivity contribution in [2.75, 3.05) is 6.54 Å². The molecule has 3 unspecified atom stereocenters. The summed E-state index contributed by atoms with van der Waals surface area (Å²) in [6.45, 7) is 6.65. The van der Waals surface area contributed by atoms with Crippen LogP contribution < -0.4 is 16.0 Å². The van der Waals surface area contributed by atoms with E-state index in [1.54, 1.807) is 18.2 Å². The molecule has 4 N–H and O–H groups in total. The van der Waals surface area contributed by atoms with Gasteiger partial charge in [0, 0.05) is 28.4 Å². The van der Waals surface area contributed by atoms with Crippen molar-refractivity contribution in [2.24, 2.45) is 11.3 Å². The predicted octanol–water partition coefficient (Wildman–Crippen LogP) is 3.39. The van der Waals surface area contributed by atoms with Crippen LogP contribution in [0.1, 0.15) is 56.9 Å². The zero-order chi connectivity index (χ0) is 24.2. The number of nitrogens with one attached hydrogen (secondary N) is 4. The van der Waals surface area contributed by atoms with Crippen molar-refractivity contribution < 1.29 is 14.4 Å². The van der Waals surface area contributed by atoms with Crippen LogP contribution in [0.2, 0.25) is 5.02 Å². The van der Waals surface area contributed by atoms with Gasteiger partial charge in [-0.3, -0.25) is 14.4 Å². The molecule has 3 amide bonds. The lowest BCUT2D eigenvalue weighted by Gasteiger charge is -2.28. The Bertz CT molecular complexity index is 1080. The number of benzene rings is 1. The average molecular weight is 471 g/mol. The highest BCUT2D eigenvalue weighted by atomic mass is 35.5. The van der Waals surface area contributed by atoms with E-state index in [-0.39, 0.29) is 23.1 Å². The molecule has 2 aromatic rings. The van der Waals surface area contributed by atoms with E-state index in [9.17, 15) is 14.4 Å². The van der Waals surface area contributed by atoms with Gasteiger partial charge in [-0.2, -0.15) is 0 Å². The molecule has 176 valence electrons. The molecule has 1 fully saturated rings. The Hall–Kier alpha value is -2.98. The van der Waals surface area contributed by atoms with Gasteiger partial charge in [-0.25, -0.2) is 0 Å². The average Bonchev–Trinajstić information content (AvgIpc) is 3.19. The molecule has 2 heterocycles. The third-order valence-corrected chi connectivity index (χ3v) is 6.06. The van der Waals surface area contributed by atoms with Crippen LogP contribution in [0.25, 0.3) is 10.9 Å². The number of terminal acetylenes is 1. The van der Waals surface area contributed by atoms with Crippen molar-refractivity contribution in [1.82, 2.24) is 20.9 Å². The molecule has 3 atom stereocenters. The molecule has 0 radical (unpaired) electrons. The summed E-state index contributed by atoms with van der Waals surface area (Å²) in [7, 11) is 0. The van der Waals surface area contributed by atoms with E-state index in [1.807, 2.05) is 26.8 Å². The lowest BCUT2D eigenvalue weighted by atomic mass is 9.87. The number of carbonyl (C=O) groups is 3. The van der Waals surface area contributed by atoms with Crippen LogP contribution in [-0.2, 0) is 9.59 Å². The van der Waals surface area contributed by atoms with E-state index in [1.165, 1.54) is 0 Å². The second-order valence-corrected chi connectivity index (χ2v) is 10.2. The van der Waals surface area contributed by atoms with Gasteiger partial charge in [0.05, 0.1) is 6.04 Å². The van der Waals surface area contributed by atoms with Crippen LogP contribution in [0.5, 0.6) is 0 Å². The molecule has 0 aliphatic carbocycles. The first kappa shape index (κ1) is 24.7. The SMILES string of the molecule is C#CC(CC1CCCNC1=O)NC(=O)C(CC(C)(C)C)NC(=O)c1cc2c(Cl)cccc2[nH]1. The number of fused-ring (bicyclic) bond motifs is 1. The molecule has 1 aliphatic rings. The zero-order valence-electron chi connectivity index (χ0n) is 19.3. The van der Waals surface area contributed by atoms with Crippen molar-refractivity contribution in [3.05, 3.63) is 35.0 Å². The number of carbonyl (C=O) groups excluding carboxylic acids is 3. The molecule has 3 rings (SSSR count). The van der Waals surface area contributed by atoms with Crippen LogP contribution in [0.15, 0.2) is 24.3 Å². The summed E-state index contributed by atoms with van der Waals surface area (Å²) < 4.78 is 0. The highest BCUT2D eigenvalue weighted by Gasteiger charge is 2.30. The molecule has 1 aromatic carbocycles. The van der Waals surface area contributed by atoms with Crippen molar-refractivity contribution in [2.45, 2.75) is 58.5 Å². The second kappa shape index (κ2) is 10.3. The van der Waals surface area contributed by atoms with Gasteiger partial charge >= 0.3 is 0 Å². The molecule has 0 bridgehead atoms. The molecular formula is C25H31ClN4O3. The quantitative estimate of drug-likeness (QED) is 0.466. The number of hydrogen-bond acceptors (Lipinski definition) is 3. The Labute approximate surface area is 199 Å². The summed E-state index contributed by atoms with van der Waals surface area (Å²) in [5, 5.41) is 9.80. The third-order valence-electron chi connectivity index (χ3n) is 5.73. The normalized spacial score (nSPS) is 18.2. The molecule has 1 aliphatic heterocycles. The molecule has 0 spiro atoms. The minimum atomic E-state index is -0.796. The Morgan fingerprint density at radius 1 is 1.30 bits per heavy atom. The van der Waals surface area contributed by atoms with Gasteiger partial charge < -0.3 is 20.9 Å². The standard InChI is InChI=1S/C25H31ClN4O3/c1-5-16(12-15-8-7-11-27-22(15)31)28-24(33)21(14-25(2,3)4)30-23(32)20-13-17-18(26)9-6-10-19(17)29-20/h1,6,9-10,13,15-16,21,29H,7-8,11-12,14H2,2-4H3,(H,27,31)(H,28,33)(H,30,32). The van der Waals surface area contributed by atoms with Gasteiger partial charge in [-0.05, 0) is 49.3 Å². The van der Waals surface area contributed by atoms with Crippen molar-refractivity contribution in [3.8, 4) is 12.3 Å². The van der Waals surface area contributed by atoms with E-state index >= 15 is 0 Å². The fourth-order valence-electron chi connectivity index (χ4n) is 4.08. The first-order valence-corrected chi connectivity index (χ1v) is 11.6. The first-order valence-electron chi connectivity index (χ1n) is 11.2. The minimum Gasteiger partial charge on any atom is -0.356 e. The van der Waals surface area contributed by atoms with E-state index in [4.69, 9.17) is 18.0 Å². The lowest BCUT2D eigenvalue weighted by Crippen LogP contribution is -2.51. The van der Waals surface area contributed by atoms with Crippen LogP contribution in [-0.4, -0.2) is 41.3 Å². The van der Waals surface area contributed by atoms with Gasteiger partial charge in [-0.15, -0.1) is 6.42 Å². The van der Waals surface area contributed by atoms with Gasteiger partial charge in [0.2, 0.25) is 11.8 Å². The van der Waals surface area contributed by atoms with Gasteiger partial charge in [-0.1, -0.05) is 44.4 Å². The van der Waals surface area contributed by atoms with E-state index < -0.39 is 18.0 Å². The highest BCUT2D eigenvalue weighted by molar-refractivity contribution is 6.35. The Morgan fingerprint density at radius 2 is 2.06 bits per heavy atom. The number of amides is 3. The van der Waals surface area contributed by atoms with Gasteiger partial charge in [0.15, 0.2) is 0 Å². The summed E-state index contributed by atoms with van der Waals surface area (Å²) in [6.07, 6.45) is 8.06. The summed E-state index contributed by atoms with van der Waals surface area (Å²) in [5.74, 6) is 1.54. The lowest BCUT2D eigenvalue weighted by molar-refractivity contribution is -0.128. The van der Waals surface area contributed by atoms with E-state index in [2.05, 4.69) is 26.9 Å². The molecule has 0 saturated carbocycles. The smallest absolute Gasteiger partial charge is 0.268 e. The summed E-state index contributed by atoms with van der Waals surface area (Å²) >= 11 is 6.22. The molecule has 7 nitrogen and oxygen atoms in total. The fraction of sp³-hybridized carbons (Fsp3) is 0.480. The van der Waals surface area contributed by atoms with E-state index in [0.717, 1.165) is 23.7 Å². The van der Waals surface area contributed by atoms with Crippen LogP contribution in [0.3, 0.4) is 0 Å². The summed E-state index contributed by atoms with van der Waals surface area (Å²) in [6, 6.07) is 5.65. The Morgan fingerprint density at radius 3 is 2.70 bits per heavy atom. The second-order valence-electron chi connectivity index (χ2n) is 9.77. The molecular weight excluding hydrogens is 440 g/mol. The monoisotopic (exact) mass is 470 g/mol. The number of H-pyrrole nitrogens is 1. The maximum atomic E-state index is 13.2. The Kier molecular flexibility index (Phi) is 7.70. The van der Waals surface area contributed by atoms with Crippen molar-refractivity contribution in [1.29, 1.82) is 0 Å². The van der Waals surface area contributed by atoms with E-state index in [0.29, 0.717) is 30.1 Å². The molecule has 1 aromatic heterocycles. The highest BCUT2D eigenvalue weighted by Crippen LogP contribution is 2.25. The van der Waals surface area contributed by atoms with Crippen LogP contribution >= 0.6 is 11.6 Å². The topological polar surface area (TPSA) is 103 Å². The minimum absolute atomic E-state index is 0.0345. The largest absolute Gasteiger partial charge is 0.356 e. The number of halogens is 1. The zero-order valence-corrected chi connectivity index (χ0v) is 20.0. The number of aromatic amines is 1. The fourth-order valence-corrected chi connectivity index (χ4v) is 4.31. The maximum absolute atomic E-state index is 13.2.